The van der Waals surface area contributed by atoms with Crippen molar-refractivity contribution in [3.8, 4) is 11.5 Å². The lowest BCUT2D eigenvalue weighted by Crippen LogP contribution is -2.41. The Hall–Kier alpha value is -3.07. The SMILES string of the molecule is CCOc1ccc(CNC(=O)C2CCN(c3ccc(N4CCOCC4)nn3)CC2)cc1OC. The van der Waals surface area contributed by atoms with Crippen LogP contribution >= 0.6 is 0 Å². The Balaban J connectivity index is 1.25. The van der Waals surface area contributed by atoms with Gasteiger partial charge in [-0.05, 0) is 49.6 Å². The number of hydrogen-bond donors (Lipinski definition) is 1. The molecular formula is C24H33N5O4. The zero-order valence-electron chi connectivity index (χ0n) is 19.5. The van der Waals surface area contributed by atoms with Crippen molar-refractivity contribution >= 4 is 17.5 Å². The zero-order valence-corrected chi connectivity index (χ0v) is 19.5. The number of carbonyl (C=O) groups is 1. The summed E-state index contributed by atoms with van der Waals surface area (Å²) in [4.78, 5) is 17.1. The van der Waals surface area contributed by atoms with E-state index in [1.807, 2.05) is 37.3 Å². The smallest absolute Gasteiger partial charge is 0.223 e. The maximum atomic E-state index is 12.7. The zero-order chi connectivity index (χ0) is 23.0. The molecule has 33 heavy (non-hydrogen) atoms. The molecule has 0 aliphatic carbocycles. The predicted molar refractivity (Wildman–Crippen MR) is 126 cm³/mol. The van der Waals surface area contributed by atoms with Crippen molar-refractivity contribution in [2.45, 2.75) is 26.3 Å². The molecule has 2 aliphatic heterocycles. The minimum atomic E-state index is 0.00595. The predicted octanol–water partition coefficient (Wildman–Crippen LogP) is 2.25. The molecule has 9 heteroatoms. The topological polar surface area (TPSA) is 89.1 Å². The molecule has 1 aromatic heterocycles. The molecule has 2 fully saturated rings. The Labute approximate surface area is 195 Å². The van der Waals surface area contributed by atoms with E-state index in [1.54, 1.807) is 7.11 Å². The lowest BCUT2D eigenvalue weighted by molar-refractivity contribution is -0.125. The highest BCUT2D eigenvalue weighted by molar-refractivity contribution is 5.79. The van der Waals surface area contributed by atoms with Crippen LogP contribution in [0, 0.1) is 5.92 Å². The molecule has 0 radical (unpaired) electrons. The molecule has 0 bridgehead atoms. The minimum Gasteiger partial charge on any atom is -0.493 e. The molecule has 1 amide bonds. The van der Waals surface area contributed by atoms with Crippen LogP contribution in [0.2, 0.25) is 0 Å². The average Bonchev–Trinajstić information content (AvgIpc) is 2.88. The molecule has 2 saturated heterocycles. The largest absolute Gasteiger partial charge is 0.493 e. The summed E-state index contributed by atoms with van der Waals surface area (Å²) in [6.45, 7) is 7.71. The lowest BCUT2D eigenvalue weighted by atomic mass is 9.96. The first-order valence-electron chi connectivity index (χ1n) is 11.7. The summed E-state index contributed by atoms with van der Waals surface area (Å²) in [5, 5.41) is 11.9. The monoisotopic (exact) mass is 455 g/mol. The third kappa shape index (κ3) is 5.84. The van der Waals surface area contributed by atoms with Crippen molar-refractivity contribution in [2.24, 2.45) is 5.92 Å². The van der Waals surface area contributed by atoms with E-state index in [4.69, 9.17) is 14.2 Å². The standard InChI is InChI=1S/C24H33N5O4/c1-3-33-20-5-4-18(16-21(20)31-2)17-25-24(30)19-8-10-28(11-9-19)22-6-7-23(27-26-22)29-12-14-32-15-13-29/h4-7,16,19H,3,8-15,17H2,1-2H3,(H,25,30). The second-order valence-electron chi connectivity index (χ2n) is 8.25. The highest BCUT2D eigenvalue weighted by atomic mass is 16.5. The van der Waals surface area contributed by atoms with Crippen LogP contribution < -0.4 is 24.6 Å². The minimum absolute atomic E-state index is 0.00595. The van der Waals surface area contributed by atoms with Gasteiger partial charge in [0, 0.05) is 38.6 Å². The first kappa shape index (κ1) is 23.1. The van der Waals surface area contributed by atoms with Crippen LogP contribution in [0.4, 0.5) is 11.6 Å². The molecular weight excluding hydrogens is 422 g/mol. The molecule has 1 aromatic carbocycles. The number of amides is 1. The van der Waals surface area contributed by atoms with Crippen molar-refractivity contribution in [3.05, 3.63) is 35.9 Å². The second-order valence-corrected chi connectivity index (χ2v) is 8.25. The fourth-order valence-corrected chi connectivity index (χ4v) is 4.25. The van der Waals surface area contributed by atoms with Gasteiger partial charge in [-0.3, -0.25) is 4.79 Å². The first-order valence-corrected chi connectivity index (χ1v) is 11.7. The fraction of sp³-hybridized carbons (Fsp3) is 0.542. The molecule has 2 aromatic rings. The van der Waals surface area contributed by atoms with Crippen LogP contribution in [-0.4, -0.2) is 69.2 Å². The van der Waals surface area contributed by atoms with Gasteiger partial charge in [0.2, 0.25) is 5.91 Å². The van der Waals surface area contributed by atoms with Crippen LogP contribution in [0.15, 0.2) is 30.3 Å². The lowest BCUT2D eigenvalue weighted by Gasteiger charge is -2.32. The Bertz CT molecular complexity index is 910. The Morgan fingerprint density at radius 3 is 2.30 bits per heavy atom. The molecule has 1 N–H and O–H groups in total. The van der Waals surface area contributed by atoms with E-state index in [1.165, 1.54) is 0 Å². The van der Waals surface area contributed by atoms with Crippen molar-refractivity contribution in [1.82, 2.24) is 15.5 Å². The van der Waals surface area contributed by atoms with E-state index in [9.17, 15) is 4.79 Å². The second kappa shape index (κ2) is 11.2. The molecule has 178 valence electrons. The molecule has 3 heterocycles. The number of benzene rings is 1. The van der Waals surface area contributed by atoms with Crippen LogP contribution in [0.25, 0.3) is 0 Å². The number of ether oxygens (including phenoxy) is 3. The third-order valence-electron chi connectivity index (χ3n) is 6.16. The van der Waals surface area contributed by atoms with E-state index < -0.39 is 0 Å². The number of aromatic nitrogens is 2. The van der Waals surface area contributed by atoms with Gasteiger partial charge in [0.1, 0.15) is 0 Å². The van der Waals surface area contributed by atoms with Gasteiger partial charge in [-0.25, -0.2) is 0 Å². The number of anilines is 2. The van der Waals surface area contributed by atoms with Crippen molar-refractivity contribution in [2.75, 3.05) is 62.9 Å². The summed E-state index contributed by atoms with van der Waals surface area (Å²) in [5.41, 5.74) is 0.983. The van der Waals surface area contributed by atoms with Gasteiger partial charge >= 0.3 is 0 Å². The Morgan fingerprint density at radius 1 is 1.03 bits per heavy atom. The Kier molecular flexibility index (Phi) is 7.83. The molecule has 0 atom stereocenters. The number of methoxy groups -OCH3 is 1. The average molecular weight is 456 g/mol. The third-order valence-corrected chi connectivity index (χ3v) is 6.16. The molecule has 0 spiro atoms. The molecule has 4 rings (SSSR count). The molecule has 0 saturated carbocycles. The van der Waals surface area contributed by atoms with E-state index in [0.29, 0.717) is 24.7 Å². The summed E-state index contributed by atoms with van der Waals surface area (Å²) in [7, 11) is 1.62. The quantitative estimate of drug-likeness (QED) is 0.649. The fourth-order valence-electron chi connectivity index (χ4n) is 4.25. The van der Waals surface area contributed by atoms with E-state index in [2.05, 4.69) is 25.3 Å². The number of nitrogens with zero attached hydrogens (tertiary/aromatic N) is 4. The number of morpholine rings is 1. The van der Waals surface area contributed by atoms with Crippen molar-refractivity contribution < 1.29 is 19.0 Å². The highest BCUT2D eigenvalue weighted by Gasteiger charge is 2.26. The van der Waals surface area contributed by atoms with Crippen LogP contribution in [0.3, 0.4) is 0 Å². The van der Waals surface area contributed by atoms with Gasteiger partial charge in [0.05, 0.1) is 26.9 Å². The van der Waals surface area contributed by atoms with Gasteiger partial charge in [0.25, 0.3) is 0 Å². The Morgan fingerprint density at radius 2 is 1.70 bits per heavy atom. The van der Waals surface area contributed by atoms with Crippen LogP contribution in [0.5, 0.6) is 11.5 Å². The maximum Gasteiger partial charge on any atom is 0.223 e. The number of hydrogen-bond acceptors (Lipinski definition) is 8. The van der Waals surface area contributed by atoms with Crippen LogP contribution in [0.1, 0.15) is 25.3 Å². The molecule has 9 nitrogen and oxygen atoms in total. The van der Waals surface area contributed by atoms with Gasteiger partial charge < -0.3 is 29.3 Å². The first-order chi connectivity index (χ1) is 16.2. The van der Waals surface area contributed by atoms with Gasteiger partial charge in [0.15, 0.2) is 23.1 Å². The van der Waals surface area contributed by atoms with Crippen LogP contribution in [-0.2, 0) is 16.1 Å². The molecule has 0 unspecified atom stereocenters. The van der Waals surface area contributed by atoms with Gasteiger partial charge in [-0.1, -0.05) is 6.07 Å². The summed E-state index contributed by atoms with van der Waals surface area (Å²) in [6.07, 6.45) is 1.59. The van der Waals surface area contributed by atoms with Gasteiger partial charge in [-0.2, -0.15) is 0 Å². The summed E-state index contributed by atoms with van der Waals surface area (Å²) in [6, 6.07) is 9.80. The number of carbonyl (C=O) groups excluding carboxylic acids is 1. The maximum absolute atomic E-state index is 12.7. The van der Waals surface area contributed by atoms with E-state index in [0.717, 1.165) is 69.4 Å². The summed E-state index contributed by atoms with van der Waals surface area (Å²) >= 11 is 0. The summed E-state index contributed by atoms with van der Waals surface area (Å²) in [5.74, 6) is 3.25. The number of nitrogens with one attached hydrogen (secondary N) is 1. The van der Waals surface area contributed by atoms with Gasteiger partial charge in [-0.15, -0.1) is 10.2 Å². The van der Waals surface area contributed by atoms with Crippen molar-refractivity contribution in [3.63, 3.8) is 0 Å². The van der Waals surface area contributed by atoms with E-state index in [-0.39, 0.29) is 11.8 Å². The number of piperidine rings is 1. The van der Waals surface area contributed by atoms with E-state index >= 15 is 0 Å². The highest BCUT2D eigenvalue weighted by Crippen LogP contribution is 2.28. The normalized spacial score (nSPS) is 17.0. The summed E-state index contributed by atoms with van der Waals surface area (Å²) < 4.78 is 16.3. The number of rotatable bonds is 8. The molecule has 2 aliphatic rings. The van der Waals surface area contributed by atoms with Crippen molar-refractivity contribution in [1.29, 1.82) is 0 Å².